The number of fused-ring (bicyclic) bond motifs is 6. The molecule has 3 heteroatoms. The van der Waals surface area contributed by atoms with Gasteiger partial charge in [0.05, 0.1) is 11.0 Å². The van der Waals surface area contributed by atoms with Crippen LogP contribution in [-0.2, 0) is 0 Å². The number of nitrogens with zero attached hydrogens (tertiary/aromatic N) is 2. The molecule has 0 aliphatic carbocycles. The van der Waals surface area contributed by atoms with E-state index in [-0.39, 0.29) is 0 Å². The maximum absolute atomic E-state index is 6.21. The third-order valence-corrected chi connectivity index (χ3v) is 9.98. The van der Waals surface area contributed by atoms with Crippen LogP contribution in [0.3, 0.4) is 0 Å². The molecule has 8 aromatic carbocycles. The summed E-state index contributed by atoms with van der Waals surface area (Å²) in [5.74, 6) is 0. The molecule has 0 radical (unpaired) electrons. The molecule has 0 bridgehead atoms. The Morgan fingerprint density at radius 1 is 0.373 bits per heavy atom. The predicted molar refractivity (Wildman–Crippen MR) is 214 cm³/mol. The summed E-state index contributed by atoms with van der Waals surface area (Å²) < 4.78 is 8.60. The van der Waals surface area contributed by atoms with Gasteiger partial charge in [-0.2, -0.15) is 0 Å². The fraction of sp³-hybridized carbons (Fsp3) is 0. The van der Waals surface area contributed by atoms with E-state index in [1.165, 1.54) is 32.9 Å². The van der Waals surface area contributed by atoms with E-state index in [4.69, 9.17) is 4.42 Å². The summed E-state index contributed by atoms with van der Waals surface area (Å²) >= 11 is 0. The first-order valence-electron chi connectivity index (χ1n) is 17.4. The first kappa shape index (κ1) is 29.1. The zero-order chi connectivity index (χ0) is 33.7. The number of hydrogen-bond acceptors (Lipinski definition) is 2. The second kappa shape index (κ2) is 11.9. The maximum atomic E-state index is 6.21. The van der Waals surface area contributed by atoms with Gasteiger partial charge in [-0.3, -0.25) is 0 Å². The van der Waals surface area contributed by atoms with Crippen LogP contribution in [0.4, 0.5) is 17.1 Å². The average molecular weight is 653 g/mol. The summed E-state index contributed by atoms with van der Waals surface area (Å²) in [6.07, 6.45) is 0. The first-order valence-corrected chi connectivity index (χ1v) is 17.4. The quantitative estimate of drug-likeness (QED) is 0.178. The van der Waals surface area contributed by atoms with Crippen molar-refractivity contribution in [3.05, 3.63) is 194 Å². The molecular weight excluding hydrogens is 621 g/mol. The highest BCUT2D eigenvalue weighted by atomic mass is 16.3. The van der Waals surface area contributed by atoms with Gasteiger partial charge in [-0.15, -0.1) is 0 Å². The second-order valence-electron chi connectivity index (χ2n) is 13.0. The largest absolute Gasteiger partial charge is 0.456 e. The van der Waals surface area contributed by atoms with Crippen molar-refractivity contribution in [3.8, 4) is 27.9 Å². The lowest BCUT2D eigenvalue weighted by Crippen LogP contribution is -2.09. The highest BCUT2D eigenvalue weighted by Crippen LogP contribution is 2.43. The SMILES string of the molecule is c1ccc(-c2cccc3c2c2cc(N(c4ccccc4)c4ccc(-c5ccc6c(c5)oc5ccccc56)cc4)ccc2n3-c2ccccc2)cc1. The number of furan rings is 1. The lowest BCUT2D eigenvalue weighted by Gasteiger charge is -2.26. The highest BCUT2D eigenvalue weighted by molar-refractivity contribution is 6.16. The summed E-state index contributed by atoms with van der Waals surface area (Å²) in [6, 6.07) is 69.2. The van der Waals surface area contributed by atoms with E-state index in [0.29, 0.717) is 0 Å². The number of aromatic nitrogens is 1. The number of rotatable bonds is 6. The molecular formula is C48H32N2O. The Morgan fingerprint density at radius 3 is 1.82 bits per heavy atom. The summed E-state index contributed by atoms with van der Waals surface area (Å²) in [6.45, 7) is 0. The Kier molecular flexibility index (Phi) is 6.81. The van der Waals surface area contributed by atoms with Crippen molar-refractivity contribution in [2.24, 2.45) is 0 Å². The van der Waals surface area contributed by atoms with Crippen molar-refractivity contribution >= 4 is 60.8 Å². The first-order chi connectivity index (χ1) is 25.3. The second-order valence-corrected chi connectivity index (χ2v) is 13.0. The normalized spacial score (nSPS) is 11.5. The van der Waals surface area contributed by atoms with Crippen LogP contribution in [0.1, 0.15) is 0 Å². The molecule has 0 spiro atoms. The Balaban J connectivity index is 1.14. The third-order valence-electron chi connectivity index (χ3n) is 9.98. The monoisotopic (exact) mass is 652 g/mol. The van der Waals surface area contributed by atoms with Crippen molar-refractivity contribution in [1.29, 1.82) is 0 Å². The third kappa shape index (κ3) is 4.90. The summed E-state index contributed by atoms with van der Waals surface area (Å²) in [4.78, 5) is 2.35. The van der Waals surface area contributed by atoms with E-state index in [9.17, 15) is 0 Å². The van der Waals surface area contributed by atoms with Gasteiger partial charge in [0, 0.05) is 44.3 Å². The summed E-state index contributed by atoms with van der Waals surface area (Å²) in [5.41, 5.74) is 13.3. The van der Waals surface area contributed by atoms with Gasteiger partial charge >= 0.3 is 0 Å². The van der Waals surface area contributed by atoms with Gasteiger partial charge in [-0.25, -0.2) is 0 Å². The van der Waals surface area contributed by atoms with E-state index in [2.05, 4.69) is 191 Å². The van der Waals surface area contributed by atoms with Crippen LogP contribution in [-0.4, -0.2) is 4.57 Å². The van der Waals surface area contributed by atoms with Gasteiger partial charge in [0.1, 0.15) is 11.2 Å². The number of hydrogen-bond donors (Lipinski definition) is 0. The lowest BCUT2D eigenvalue weighted by atomic mass is 9.99. The molecule has 0 unspecified atom stereocenters. The number of anilines is 3. The Bertz CT molecular complexity index is 2830. The van der Waals surface area contributed by atoms with Crippen LogP contribution in [0.15, 0.2) is 199 Å². The van der Waals surface area contributed by atoms with Gasteiger partial charge in [-0.05, 0) is 101 Å². The molecule has 0 atom stereocenters. The van der Waals surface area contributed by atoms with Gasteiger partial charge in [0.2, 0.25) is 0 Å². The summed E-state index contributed by atoms with van der Waals surface area (Å²) in [5, 5.41) is 4.74. The van der Waals surface area contributed by atoms with Gasteiger partial charge in [-0.1, -0.05) is 115 Å². The summed E-state index contributed by atoms with van der Waals surface area (Å²) in [7, 11) is 0. The van der Waals surface area contributed by atoms with E-state index in [0.717, 1.165) is 55.8 Å². The molecule has 0 aliphatic rings. The lowest BCUT2D eigenvalue weighted by molar-refractivity contribution is 0.669. The minimum atomic E-state index is 0.904. The van der Waals surface area contributed by atoms with Crippen LogP contribution < -0.4 is 4.90 Å². The zero-order valence-corrected chi connectivity index (χ0v) is 27.8. The van der Waals surface area contributed by atoms with Crippen molar-refractivity contribution in [2.45, 2.75) is 0 Å². The van der Waals surface area contributed by atoms with E-state index in [1.54, 1.807) is 0 Å². The van der Waals surface area contributed by atoms with Crippen LogP contribution in [0.2, 0.25) is 0 Å². The highest BCUT2D eigenvalue weighted by Gasteiger charge is 2.20. The molecule has 0 amide bonds. The maximum Gasteiger partial charge on any atom is 0.136 e. The zero-order valence-electron chi connectivity index (χ0n) is 27.8. The van der Waals surface area contributed by atoms with Gasteiger partial charge in [0.15, 0.2) is 0 Å². The molecule has 3 nitrogen and oxygen atoms in total. The molecule has 0 saturated heterocycles. The van der Waals surface area contributed by atoms with Crippen molar-refractivity contribution < 1.29 is 4.42 Å². The van der Waals surface area contributed by atoms with Crippen molar-refractivity contribution in [3.63, 3.8) is 0 Å². The van der Waals surface area contributed by atoms with Crippen molar-refractivity contribution in [1.82, 2.24) is 4.57 Å². The van der Waals surface area contributed by atoms with Gasteiger partial charge in [0.25, 0.3) is 0 Å². The molecule has 240 valence electrons. The predicted octanol–water partition coefficient (Wildman–Crippen LogP) is 13.5. The Morgan fingerprint density at radius 2 is 1.02 bits per heavy atom. The van der Waals surface area contributed by atoms with Crippen LogP contribution >= 0.6 is 0 Å². The number of para-hydroxylation sites is 3. The molecule has 10 rings (SSSR count). The fourth-order valence-corrected chi connectivity index (χ4v) is 7.64. The minimum absolute atomic E-state index is 0.904. The smallest absolute Gasteiger partial charge is 0.136 e. The fourth-order valence-electron chi connectivity index (χ4n) is 7.64. The molecule has 2 aromatic heterocycles. The van der Waals surface area contributed by atoms with E-state index in [1.807, 2.05) is 12.1 Å². The number of benzene rings is 8. The standard InChI is InChI=1S/C48H32N2O/c1-4-13-34(14-5-1)40-20-12-21-45-48(40)43-32-39(28-30-44(43)50(45)37-17-8-3-9-18-37)49(36-15-6-2-7-16-36)38-26-23-33(24-27-38)35-25-29-42-41-19-10-11-22-46(41)51-47(42)31-35/h1-32H. The molecule has 0 N–H and O–H groups in total. The van der Waals surface area contributed by atoms with E-state index < -0.39 is 0 Å². The molecule has 0 aliphatic heterocycles. The topological polar surface area (TPSA) is 21.3 Å². The van der Waals surface area contributed by atoms with Gasteiger partial charge < -0.3 is 13.9 Å². The van der Waals surface area contributed by atoms with Crippen LogP contribution in [0.25, 0.3) is 71.7 Å². The van der Waals surface area contributed by atoms with Crippen LogP contribution in [0.5, 0.6) is 0 Å². The molecule has 2 heterocycles. The average Bonchev–Trinajstić information content (AvgIpc) is 3.74. The van der Waals surface area contributed by atoms with Crippen LogP contribution in [0, 0.1) is 0 Å². The van der Waals surface area contributed by atoms with Crippen molar-refractivity contribution in [2.75, 3.05) is 4.90 Å². The Labute approximate surface area is 295 Å². The van der Waals surface area contributed by atoms with E-state index >= 15 is 0 Å². The molecule has 51 heavy (non-hydrogen) atoms. The minimum Gasteiger partial charge on any atom is -0.456 e. The molecule has 10 aromatic rings. The molecule has 0 saturated carbocycles. The molecule has 0 fully saturated rings. The Hall–Kier alpha value is -6.84.